The number of benzene rings is 2. The summed E-state index contributed by atoms with van der Waals surface area (Å²) in [4.78, 5) is 11.8. The maximum absolute atomic E-state index is 11.8. The van der Waals surface area contributed by atoms with Crippen LogP contribution in [0, 0.1) is 0 Å². The molecule has 1 unspecified atom stereocenters. The summed E-state index contributed by atoms with van der Waals surface area (Å²) in [5.74, 6) is 0.187. The minimum atomic E-state index is -0.688. The number of anilines is 1. The Bertz CT molecular complexity index is 664. The van der Waals surface area contributed by atoms with Gasteiger partial charge in [-0.1, -0.05) is 29.8 Å². The van der Waals surface area contributed by atoms with E-state index >= 15 is 0 Å². The second-order valence-corrected chi connectivity index (χ2v) is 5.62. The molecular weight excluding hydrogens is 356 g/mol. The number of carbonyl (C=O) groups is 1. The second kappa shape index (κ2) is 6.83. The van der Waals surface area contributed by atoms with Crippen molar-refractivity contribution in [1.82, 2.24) is 0 Å². The minimum Gasteiger partial charge on any atom is -0.496 e. The van der Waals surface area contributed by atoms with Crippen molar-refractivity contribution in [2.24, 2.45) is 5.73 Å². The molecule has 1 amide bonds. The van der Waals surface area contributed by atoms with Crippen molar-refractivity contribution in [2.45, 2.75) is 6.04 Å². The van der Waals surface area contributed by atoms with E-state index in [0.29, 0.717) is 16.5 Å². The molecule has 0 heterocycles. The molecule has 21 heavy (non-hydrogen) atoms. The highest BCUT2D eigenvalue weighted by atomic mass is 79.9. The number of ether oxygens (including phenoxy) is 1. The van der Waals surface area contributed by atoms with Crippen LogP contribution in [-0.4, -0.2) is 13.0 Å². The summed E-state index contributed by atoms with van der Waals surface area (Å²) < 4.78 is 5.92. The summed E-state index contributed by atoms with van der Waals surface area (Å²) in [6, 6.07) is 11.8. The number of primary amides is 1. The molecule has 3 N–H and O–H groups in total. The number of rotatable bonds is 5. The fraction of sp³-hybridized carbons (Fsp3) is 0.133. The Morgan fingerprint density at radius 1 is 1.33 bits per heavy atom. The lowest BCUT2D eigenvalue weighted by molar-refractivity contribution is -0.118. The molecular formula is C15H14BrClN2O2. The summed E-state index contributed by atoms with van der Waals surface area (Å²) in [6.45, 7) is 0. The van der Waals surface area contributed by atoms with E-state index in [1.54, 1.807) is 37.4 Å². The van der Waals surface area contributed by atoms with E-state index in [9.17, 15) is 4.79 Å². The third-order valence-corrected chi connectivity index (χ3v) is 3.92. The zero-order chi connectivity index (χ0) is 15.4. The van der Waals surface area contributed by atoms with Gasteiger partial charge in [-0.25, -0.2) is 0 Å². The van der Waals surface area contributed by atoms with Crippen LogP contribution in [0.25, 0.3) is 0 Å². The number of para-hydroxylation sites is 1. The molecule has 2 rings (SSSR count). The molecule has 0 aliphatic rings. The first kappa shape index (κ1) is 15.7. The quantitative estimate of drug-likeness (QED) is 0.843. The Kier molecular flexibility index (Phi) is 5.09. The number of methoxy groups -OCH3 is 1. The Labute approximate surface area is 136 Å². The molecule has 0 radical (unpaired) electrons. The zero-order valence-electron chi connectivity index (χ0n) is 11.3. The fourth-order valence-corrected chi connectivity index (χ4v) is 2.66. The first-order valence-corrected chi connectivity index (χ1v) is 7.34. The SMILES string of the molecule is COc1ccc(C(Nc2ccccc2Cl)C(N)=O)cc1Br. The zero-order valence-corrected chi connectivity index (χ0v) is 13.6. The molecule has 0 aliphatic heterocycles. The molecule has 0 saturated carbocycles. The van der Waals surface area contributed by atoms with Crippen molar-refractivity contribution in [3.63, 3.8) is 0 Å². The first-order valence-electron chi connectivity index (χ1n) is 6.16. The molecule has 0 fully saturated rings. The first-order chi connectivity index (χ1) is 10.0. The lowest BCUT2D eigenvalue weighted by Crippen LogP contribution is -2.27. The Morgan fingerprint density at radius 2 is 2.05 bits per heavy atom. The van der Waals surface area contributed by atoms with Crippen LogP contribution in [0.5, 0.6) is 5.75 Å². The van der Waals surface area contributed by atoms with Crippen molar-refractivity contribution in [1.29, 1.82) is 0 Å². The van der Waals surface area contributed by atoms with Gasteiger partial charge in [0, 0.05) is 0 Å². The number of nitrogens with two attached hydrogens (primary N) is 1. The number of hydrogen-bond donors (Lipinski definition) is 2. The lowest BCUT2D eigenvalue weighted by Gasteiger charge is -2.19. The molecule has 2 aromatic rings. The standard InChI is InChI=1S/C15H14BrClN2O2/c1-21-13-7-6-9(8-10(13)16)14(15(18)20)19-12-5-3-2-4-11(12)17/h2-8,14,19H,1H3,(H2,18,20). The molecule has 0 saturated heterocycles. The van der Waals surface area contributed by atoms with Gasteiger partial charge in [-0.15, -0.1) is 0 Å². The van der Waals surface area contributed by atoms with E-state index in [0.717, 1.165) is 10.0 Å². The van der Waals surface area contributed by atoms with Crippen LogP contribution in [0.2, 0.25) is 5.02 Å². The van der Waals surface area contributed by atoms with Gasteiger partial charge in [0.2, 0.25) is 5.91 Å². The van der Waals surface area contributed by atoms with Crippen LogP contribution in [0.4, 0.5) is 5.69 Å². The van der Waals surface area contributed by atoms with E-state index < -0.39 is 11.9 Å². The Hall–Kier alpha value is -1.72. The maximum atomic E-state index is 11.8. The highest BCUT2D eigenvalue weighted by Crippen LogP contribution is 2.31. The van der Waals surface area contributed by atoms with Crippen LogP contribution in [0.1, 0.15) is 11.6 Å². The predicted molar refractivity (Wildman–Crippen MR) is 87.7 cm³/mol. The summed E-state index contributed by atoms with van der Waals surface area (Å²) in [5.41, 5.74) is 6.86. The van der Waals surface area contributed by atoms with Crippen molar-refractivity contribution in [3.8, 4) is 5.75 Å². The minimum absolute atomic E-state index is 0.494. The van der Waals surface area contributed by atoms with Gasteiger partial charge >= 0.3 is 0 Å². The van der Waals surface area contributed by atoms with Crippen LogP contribution in [0.15, 0.2) is 46.9 Å². The van der Waals surface area contributed by atoms with Gasteiger partial charge in [-0.2, -0.15) is 0 Å². The fourth-order valence-electron chi connectivity index (χ4n) is 1.91. The number of halogens is 2. The van der Waals surface area contributed by atoms with Crippen LogP contribution in [0.3, 0.4) is 0 Å². The highest BCUT2D eigenvalue weighted by molar-refractivity contribution is 9.10. The van der Waals surface area contributed by atoms with Crippen LogP contribution < -0.4 is 15.8 Å². The van der Waals surface area contributed by atoms with E-state index in [-0.39, 0.29) is 0 Å². The lowest BCUT2D eigenvalue weighted by atomic mass is 10.1. The topological polar surface area (TPSA) is 64.3 Å². The van der Waals surface area contributed by atoms with Crippen molar-refractivity contribution >= 4 is 39.1 Å². The molecule has 2 aromatic carbocycles. The summed E-state index contributed by atoms with van der Waals surface area (Å²) in [6.07, 6.45) is 0. The predicted octanol–water partition coefficient (Wildman–Crippen LogP) is 3.75. The van der Waals surface area contributed by atoms with E-state index in [1.165, 1.54) is 0 Å². The molecule has 0 bridgehead atoms. The number of carbonyl (C=O) groups excluding carboxylic acids is 1. The number of amides is 1. The maximum Gasteiger partial charge on any atom is 0.244 e. The Balaban J connectivity index is 2.34. The van der Waals surface area contributed by atoms with Gasteiger partial charge in [-0.3, -0.25) is 4.79 Å². The summed E-state index contributed by atoms with van der Waals surface area (Å²) >= 11 is 9.49. The molecule has 6 heteroatoms. The van der Waals surface area contributed by atoms with Gasteiger partial charge in [0.25, 0.3) is 0 Å². The normalized spacial score (nSPS) is 11.8. The van der Waals surface area contributed by atoms with Crippen molar-refractivity contribution < 1.29 is 9.53 Å². The third-order valence-electron chi connectivity index (χ3n) is 2.97. The monoisotopic (exact) mass is 368 g/mol. The molecule has 1 atom stereocenters. The largest absolute Gasteiger partial charge is 0.496 e. The van der Waals surface area contributed by atoms with Crippen LogP contribution >= 0.6 is 27.5 Å². The summed E-state index contributed by atoms with van der Waals surface area (Å²) in [7, 11) is 1.58. The number of nitrogens with one attached hydrogen (secondary N) is 1. The third kappa shape index (κ3) is 3.68. The van der Waals surface area contributed by atoms with Crippen molar-refractivity contribution in [3.05, 3.63) is 57.5 Å². The number of hydrogen-bond acceptors (Lipinski definition) is 3. The molecule has 0 aliphatic carbocycles. The molecule has 0 aromatic heterocycles. The average Bonchev–Trinajstić information content (AvgIpc) is 2.46. The van der Waals surface area contributed by atoms with Gasteiger partial charge < -0.3 is 15.8 Å². The molecule has 0 spiro atoms. The van der Waals surface area contributed by atoms with Gasteiger partial charge in [0.1, 0.15) is 11.8 Å². The average molecular weight is 370 g/mol. The van der Waals surface area contributed by atoms with E-state index in [1.807, 2.05) is 12.1 Å². The summed E-state index contributed by atoms with van der Waals surface area (Å²) in [5, 5.41) is 3.58. The molecule has 110 valence electrons. The van der Waals surface area contributed by atoms with Gasteiger partial charge in [-0.05, 0) is 45.8 Å². The van der Waals surface area contributed by atoms with Gasteiger partial charge in [0.15, 0.2) is 0 Å². The smallest absolute Gasteiger partial charge is 0.244 e. The molecule has 4 nitrogen and oxygen atoms in total. The van der Waals surface area contributed by atoms with Gasteiger partial charge in [0.05, 0.1) is 22.3 Å². The van der Waals surface area contributed by atoms with Crippen molar-refractivity contribution in [2.75, 3.05) is 12.4 Å². The van der Waals surface area contributed by atoms with E-state index in [2.05, 4.69) is 21.2 Å². The highest BCUT2D eigenvalue weighted by Gasteiger charge is 2.19. The second-order valence-electron chi connectivity index (χ2n) is 4.35. The van der Waals surface area contributed by atoms with E-state index in [4.69, 9.17) is 22.1 Å². The Morgan fingerprint density at radius 3 is 2.62 bits per heavy atom. The van der Waals surface area contributed by atoms with Crippen LogP contribution in [-0.2, 0) is 4.79 Å².